The van der Waals surface area contributed by atoms with Crippen LogP contribution < -0.4 is 5.69 Å². The van der Waals surface area contributed by atoms with Gasteiger partial charge in [0.25, 0.3) is 0 Å². The summed E-state index contributed by atoms with van der Waals surface area (Å²) in [4.78, 5) is 17.9. The van der Waals surface area contributed by atoms with Gasteiger partial charge in [0, 0.05) is 5.56 Å². The molecule has 2 heterocycles. The minimum absolute atomic E-state index is 0.246. The molecular formula is C9H12N4O. The first kappa shape index (κ1) is 8.93. The van der Waals surface area contributed by atoms with Crippen molar-refractivity contribution in [2.75, 3.05) is 0 Å². The lowest BCUT2D eigenvalue weighted by Gasteiger charge is -2.04. The molecule has 0 aliphatic heterocycles. The van der Waals surface area contributed by atoms with Crippen molar-refractivity contribution >= 4 is 5.65 Å². The lowest BCUT2D eigenvalue weighted by Crippen LogP contribution is -2.17. The Bertz CT molecular complexity index is 499. The molecule has 5 nitrogen and oxygen atoms in total. The van der Waals surface area contributed by atoms with Crippen LogP contribution in [0.25, 0.3) is 5.65 Å². The highest BCUT2D eigenvalue weighted by molar-refractivity contribution is 5.46. The Kier molecular flexibility index (Phi) is 2.07. The molecule has 0 saturated carbocycles. The summed E-state index contributed by atoms with van der Waals surface area (Å²) in [6.45, 7) is 4.20. The van der Waals surface area contributed by atoms with E-state index in [1.807, 2.05) is 0 Å². The molecule has 14 heavy (non-hydrogen) atoms. The number of fused-ring (bicyclic) bond motifs is 1. The molecule has 0 aliphatic carbocycles. The molecule has 2 aromatic heterocycles. The highest BCUT2D eigenvalue weighted by atomic mass is 16.1. The fraction of sp³-hybridized carbons (Fsp3) is 0.444. The van der Waals surface area contributed by atoms with Gasteiger partial charge in [0.1, 0.15) is 0 Å². The Morgan fingerprint density at radius 3 is 3.14 bits per heavy atom. The highest BCUT2D eigenvalue weighted by Crippen LogP contribution is 2.20. The van der Waals surface area contributed by atoms with Gasteiger partial charge in [-0.1, -0.05) is 13.8 Å². The van der Waals surface area contributed by atoms with Crippen molar-refractivity contribution < 1.29 is 0 Å². The summed E-state index contributed by atoms with van der Waals surface area (Å²) in [5.41, 5.74) is 1.44. The molecule has 0 amide bonds. The van der Waals surface area contributed by atoms with Gasteiger partial charge in [-0.3, -0.25) is 4.98 Å². The van der Waals surface area contributed by atoms with Crippen LogP contribution in [-0.4, -0.2) is 19.6 Å². The van der Waals surface area contributed by atoms with Crippen molar-refractivity contribution in [3.63, 3.8) is 0 Å². The van der Waals surface area contributed by atoms with Gasteiger partial charge in [0.05, 0.1) is 12.5 Å². The van der Waals surface area contributed by atoms with Crippen LogP contribution in [0.2, 0.25) is 0 Å². The SMILES string of the molecule is CCC(C)c1cnn2c(=O)[nH]cnc12. The third-order valence-electron chi connectivity index (χ3n) is 2.48. The molecule has 1 N–H and O–H groups in total. The zero-order valence-corrected chi connectivity index (χ0v) is 8.19. The highest BCUT2D eigenvalue weighted by Gasteiger charge is 2.11. The Balaban J connectivity index is 2.70. The maximum absolute atomic E-state index is 11.3. The van der Waals surface area contributed by atoms with Crippen molar-refractivity contribution in [2.45, 2.75) is 26.2 Å². The van der Waals surface area contributed by atoms with E-state index in [-0.39, 0.29) is 5.69 Å². The number of H-pyrrole nitrogens is 1. The summed E-state index contributed by atoms with van der Waals surface area (Å²) >= 11 is 0. The number of nitrogens with one attached hydrogen (secondary N) is 1. The summed E-state index contributed by atoms with van der Waals surface area (Å²) < 4.78 is 1.29. The maximum Gasteiger partial charge on any atom is 0.349 e. The van der Waals surface area contributed by atoms with E-state index in [1.165, 1.54) is 10.8 Å². The molecule has 5 heteroatoms. The van der Waals surface area contributed by atoms with Crippen LogP contribution in [0.15, 0.2) is 17.3 Å². The fourth-order valence-electron chi connectivity index (χ4n) is 1.41. The topological polar surface area (TPSA) is 63.1 Å². The second-order valence-corrected chi connectivity index (χ2v) is 3.35. The smallest absolute Gasteiger partial charge is 0.296 e. The second-order valence-electron chi connectivity index (χ2n) is 3.35. The molecular weight excluding hydrogens is 180 g/mol. The van der Waals surface area contributed by atoms with Gasteiger partial charge < -0.3 is 0 Å². The Morgan fingerprint density at radius 1 is 1.64 bits per heavy atom. The van der Waals surface area contributed by atoms with Crippen molar-refractivity contribution in [1.82, 2.24) is 19.6 Å². The molecule has 1 unspecified atom stereocenters. The first-order valence-corrected chi connectivity index (χ1v) is 4.65. The van der Waals surface area contributed by atoms with E-state index in [1.54, 1.807) is 6.20 Å². The standard InChI is InChI=1S/C9H12N4O/c1-3-6(2)7-4-12-13-8(7)10-5-11-9(13)14/h4-6H,3H2,1-2H3,(H,10,11,14). The third kappa shape index (κ3) is 1.21. The third-order valence-corrected chi connectivity index (χ3v) is 2.48. The summed E-state index contributed by atoms with van der Waals surface area (Å²) in [5.74, 6) is 0.377. The number of rotatable bonds is 2. The number of hydrogen-bond acceptors (Lipinski definition) is 3. The first-order valence-electron chi connectivity index (χ1n) is 4.65. The van der Waals surface area contributed by atoms with Gasteiger partial charge in [-0.25, -0.2) is 9.78 Å². The average molecular weight is 192 g/mol. The summed E-state index contributed by atoms with van der Waals surface area (Å²) in [6.07, 6.45) is 4.13. The monoisotopic (exact) mass is 192 g/mol. The maximum atomic E-state index is 11.3. The quantitative estimate of drug-likeness (QED) is 0.769. The second kappa shape index (κ2) is 3.25. The van der Waals surface area contributed by atoms with Crippen LogP contribution in [0.1, 0.15) is 31.7 Å². The molecule has 0 aromatic carbocycles. The van der Waals surface area contributed by atoms with Gasteiger partial charge in [0.15, 0.2) is 5.65 Å². The molecule has 2 aromatic rings. The molecule has 0 saturated heterocycles. The zero-order chi connectivity index (χ0) is 10.1. The molecule has 0 fully saturated rings. The Hall–Kier alpha value is -1.65. The van der Waals surface area contributed by atoms with Crippen molar-refractivity contribution in [1.29, 1.82) is 0 Å². The number of aromatic nitrogens is 4. The lowest BCUT2D eigenvalue weighted by molar-refractivity contribution is 0.736. The minimum Gasteiger partial charge on any atom is -0.296 e. The van der Waals surface area contributed by atoms with Crippen molar-refractivity contribution in [3.05, 3.63) is 28.6 Å². The number of hydrogen-bond donors (Lipinski definition) is 1. The molecule has 1 atom stereocenters. The average Bonchev–Trinajstić information content (AvgIpc) is 2.62. The minimum atomic E-state index is -0.246. The van der Waals surface area contributed by atoms with Gasteiger partial charge >= 0.3 is 5.69 Å². The summed E-state index contributed by atoms with van der Waals surface area (Å²) in [7, 11) is 0. The van der Waals surface area contributed by atoms with Crippen molar-refractivity contribution in [2.24, 2.45) is 0 Å². The normalized spacial score (nSPS) is 13.3. The molecule has 2 rings (SSSR count). The van der Waals surface area contributed by atoms with Gasteiger partial charge in [0.2, 0.25) is 0 Å². The predicted molar refractivity (Wildman–Crippen MR) is 52.3 cm³/mol. The molecule has 0 spiro atoms. The van der Waals surface area contributed by atoms with E-state index in [0.717, 1.165) is 12.0 Å². The van der Waals surface area contributed by atoms with Gasteiger partial charge in [-0.2, -0.15) is 9.61 Å². The molecule has 74 valence electrons. The summed E-state index contributed by atoms with van der Waals surface area (Å²) in [5, 5.41) is 4.00. The van der Waals surface area contributed by atoms with Crippen LogP contribution in [0.3, 0.4) is 0 Å². The Morgan fingerprint density at radius 2 is 2.43 bits per heavy atom. The van der Waals surface area contributed by atoms with E-state index in [0.29, 0.717) is 11.6 Å². The fourth-order valence-corrected chi connectivity index (χ4v) is 1.41. The predicted octanol–water partition coefficient (Wildman–Crippen LogP) is 0.931. The largest absolute Gasteiger partial charge is 0.349 e. The van der Waals surface area contributed by atoms with Crippen molar-refractivity contribution in [3.8, 4) is 0 Å². The van der Waals surface area contributed by atoms with E-state index in [9.17, 15) is 4.79 Å². The van der Waals surface area contributed by atoms with Crippen LogP contribution in [0.5, 0.6) is 0 Å². The van der Waals surface area contributed by atoms with Crippen LogP contribution >= 0.6 is 0 Å². The van der Waals surface area contributed by atoms with E-state index < -0.39 is 0 Å². The molecule has 0 radical (unpaired) electrons. The van der Waals surface area contributed by atoms with Crippen LogP contribution in [-0.2, 0) is 0 Å². The zero-order valence-electron chi connectivity index (χ0n) is 8.19. The van der Waals surface area contributed by atoms with E-state index in [2.05, 4.69) is 28.9 Å². The van der Waals surface area contributed by atoms with E-state index >= 15 is 0 Å². The number of nitrogens with zero attached hydrogens (tertiary/aromatic N) is 3. The molecule has 0 aliphatic rings. The van der Waals surface area contributed by atoms with Gasteiger partial charge in [-0.05, 0) is 12.3 Å². The molecule has 0 bridgehead atoms. The summed E-state index contributed by atoms with van der Waals surface area (Å²) in [6, 6.07) is 0. The lowest BCUT2D eigenvalue weighted by atomic mass is 10.0. The van der Waals surface area contributed by atoms with Gasteiger partial charge in [-0.15, -0.1) is 0 Å². The van der Waals surface area contributed by atoms with Crippen LogP contribution in [0, 0.1) is 0 Å². The Labute approximate surface area is 80.8 Å². The first-order chi connectivity index (χ1) is 6.74. The number of aromatic amines is 1. The van der Waals surface area contributed by atoms with E-state index in [4.69, 9.17) is 0 Å². The van der Waals surface area contributed by atoms with Crippen LogP contribution in [0.4, 0.5) is 0 Å².